The van der Waals surface area contributed by atoms with Crippen LogP contribution >= 0.6 is 0 Å². The molecule has 2 aromatic heterocycles. The molecule has 0 aliphatic carbocycles. The fourth-order valence-electron chi connectivity index (χ4n) is 1.58. The minimum atomic E-state index is -0.239. The van der Waals surface area contributed by atoms with Crippen LogP contribution in [0.5, 0.6) is 0 Å². The van der Waals surface area contributed by atoms with Crippen LogP contribution in [0, 0.1) is 0 Å². The summed E-state index contributed by atoms with van der Waals surface area (Å²) in [5.74, 6) is 0. The van der Waals surface area contributed by atoms with Crippen molar-refractivity contribution in [1.82, 2.24) is 9.97 Å². The van der Waals surface area contributed by atoms with Crippen molar-refractivity contribution in [3.05, 3.63) is 30.1 Å². The molecular formula is C11H14N2O. The van der Waals surface area contributed by atoms with Gasteiger partial charge in [-0.2, -0.15) is 0 Å². The van der Waals surface area contributed by atoms with Crippen LogP contribution in [0.1, 0.15) is 18.9 Å². The summed E-state index contributed by atoms with van der Waals surface area (Å²) >= 11 is 0. The van der Waals surface area contributed by atoms with Crippen molar-refractivity contribution in [3.8, 4) is 0 Å². The summed E-state index contributed by atoms with van der Waals surface area (Å²) in [5, 5.41) is 10.4. The zero-order valence-electron chi connectivity index (χ0n) is 8.20. The highest BCUT2D eigenvalue weighted by atomic mass is 16.3. The Balaban J connectivity index is 2.25. The molecule has 0 fully saturated rings. The summed E-state index contributed by atoms with van der Waals surface area (Å²) in [4.78, 5) is 7.33. The van der Waals surface area contributed by atoms with Gasteiger partial charge in [0.1, 0.15) is 5.65 Å². The zero-order chi connectivity index (χ0) is 9.97. The fraction of sp³-hybridized carbons (Fsp3) is 0.364. The van der Waals surface area contributed by atoms with Gasteiger partial charge in [0, 0.05) is 17.8 Å². The Hall–Kier alpha value is -1.35. The normalized spacial score (nSPS) is 13.3. The molecule has 3 nitrogen and oxygen atoms in total. The first-order valence-corrected chi connectivity index (χ1v) is 4.86. The smallest absolute Gasteiger partial charge is 0.137 e. The lowest BCUT2D eigenvalue weighted by atomic mass is 10.1. The SMILES string of the molecule is CC(O)CCc1c[nH]c2ncccc12. The summed E-state index contributed by atoms with van der Waals surface area (Å²) < 4.78 is 0. The minimum absolute atomic E-state index is 0.239. The molecule has 14 heavy (non-hydrogen) atoms. The molecule has 0 saturated heterocycles. The molecule has 0 amide bonds. The summed E-state index contributed by atoms with van der Waals surface area (Å²) in [6.45, 7) is 1.81. The quantitative estimate of drug-likeness (QED) is 0.776. The van der Waals surface area contributed by atoms with Crippen LogP contribution < -0.4 is 0 Å². The van der Waals surface area contributed by atoms with Gasteiger partial charge in [-0.15, -0.1) is 0 Å². The molecule has 2 heterocycles. The molecule has 0 spiro atoms. The molecule has 1 unspecified atom stereocenters. The number of hydrogen-bond acceptors (Lipinski definition) is 2. The highest BCUT2D eigenvalue weighted by molar-refractivity contribution is 5.79. The molecule has 3 heteroatoms. The van der Waals surface area contributed by atoms with E-state index in [2.05, 4.69) is 16.0 Å². The Kier molecular flexibility index (Phi) is 2.50. The van der Waals surface area contributed by atoms with Crippen molar-refractivity contribution in [2.75, 3.05) is 0 Å². The van der Waals surface area contributed by atoms with Gasteiger partial charge in [-0.25, -0.2) is 4.98 Å². The van der Waals surface area contributed by atoms with Crippen LogP contribution in [-0.4, -0.2) is 21.2 Å². The van der Waals surface area contributed by atoms with Crippen molar-refractivity contribution >= 4 is 11.0 Å². The van der Waals surface area contributed by atoms with E-state index in [1.165, 1.54) is 5.56 Å². The molecule has 0 aromatic carbocycles. The summed E-state index contributed by atoms with van der Waals surface area (Å²) in [6, 6.07) is 3.98. The van der Waals surface area contributed by atoms with Gasteiger partial charge >= 0.3 is 0 Å². The number of aryl methyl sites for hydroxylation is 1. The fourth-order valence-corrected chi connectivity index (χ4v) is 1.58. The molecule has 0 bridgehead atoms. The molecular weight excluding hydrogens is 176 g/mol. The number of H-pyrrole nitrogens is 1. The van der Waals surface area contributed by atoms with Gasteiger partial charge in [-0.05, 0) is 37.5 Å². The van der Waals surface area contributed by atoms with Crippen molar-refractivity contribution < 1.29 is 5.11 Å². The standard InChI is InChI=1S/C11H14N2O/c1-8(14)4-5-9-7-13-11-10(9)3-2-6-12-11/h2-3,6-8,14H,4-5H2,1H3,(H,12,13). The van der Waals surface area contributed by atoms with Gasteiger partial charge in [0.05, 0.1) is 6.10 Å². The molecule has 74 valence electrons. The lowest BCUT2D eigenvalue weighted by Gasteiger charge is -2.01. The largest absolute Gasteiger partial charge is 0.393 e. The molecule has 2 aromatic rings. The Morgan fingerprint density at radius 1 is 1.57 bits per heavy atom. The van der Waals surface area contributed by atoms with Crippen LogP contribution in [0.2, 0.25) is 0 Å². The van der Waals surface area contributed by atoms with Crippen LogP contribution in [0.25, 0.3) is 11.0 Å². The number of rotatable bonds is 3. The molecule has 1 atom stereocenters. The summed E-state index contributed by atoms with van der Waals surface area (Å²) in [7, 11) is 0. The number of nitrogens with zero attached hydrogens (tertiary/aromatic N) is 1. The van der Waals surface area contributed by atoms with E-state index >= 15 is 0 Å². The summed E-state index contributed by atoms with van der Waals surface area (Å²) in [5.41, 5.74) is 2.15. The first-order chi connectivity index (χ1) is 6.77. The lowest BCUT2D eigenvalue weighted by molar-refractivity contribution is 0.185. The molecule has 2 rings (SSSR count). The Labute approximate surface area is 82.8 Å². The second-order valence-electron chi connectivity index (χ2n) is 3.60. The number of aliphatic hydroxyl groups excluding tert-OH is 1. The third-order valence-electron chi connectivity index (χ3n) is 2.37. The van der Waals surface area contributed by atoms with E-state index in [1.54, 1.807) is 6.20 Å². The predicted molar refractivity (Wildman–Crippen MR) is 56.1 cm³/mol. The van der Waals surface area contributed by atoms with Gasteiger partial charge in [-0.1, -0.05) is 0 Å². The Morgan fingerprint density at radius 3 is 3.21 bits per heavy atom. The van der Waals surface area contributed by atoms with E-state index in [9.17, 15) is 5.11 Å². The van der Waals surface area contributed by atoms with Crippen molar-refractivity contribution in [2.45, 2.75) is 25.9 Å². The highest BCUT2D eigenvalue weighted by Gasteiger charge is 2.04. The third-order valence-corrected chi connectivity index (χ3v) is 2.37. The molecule has 0 saturated carbocycles. The van der Waals surface area contributed by atoms with Gasteiger partial charge in [0.2, 0.25) is 0 Å². The topological polar surface area (TPSA) is 48.9 Å². The van der Waals surface area contributed by atoms with E-state index in [-0.39, 0.29) is 6.10 Å². The number of fused-ring (bicyclic) bond motifs is 1. The monoisotopic (exact) mass is 190 g/mol. The maximum Gasteiger partial charge on any atom is 0.137 e. The van der Waals surface area contributed by atoms with Gasteiger partial charge < -0.3 is 10.1 Å². The zero-order valence-corrected chi connectivity index (χ0v) is 8.20. The molecule has 2 N–H and O–H groups in total. The van der Waals surface area contributed by atoms with Gasteiger partial charge in [0.25, 0.3) is 0 Å². The number of aromatic amines is 1. The predicted octanol–water partition coefficient (Wildman–Crippen LogP) is 1.88. The average molecular weight is 190 g/mol. The number of nitrogens with one attached hydrogen (secondary N) is 1. The van der Waals surface area contributed by atoms with Crippen LogP contribution in [0.15, 0.2) is 24.5 Å². The lowest BCUT2D eigenvalue weighted by Crippen LogP contribution is -2.00. The minimum Gasteiger partial charge on any atom is -0.393 e. The van der Waals surface area contributed by atoms with E-state index < -0.39 is 0 Å². The Morgan fingerprint density at radius 2 is 2.43 bits per heavy atom. The van der Waals surface area contributed by atoms with E-state index in [4.69, 9.17) is 0 Å². The highest BCUT2D eigenvalue weighted by Crippen LogP contribution is 2.17. The second-order valence-corrected chi connectivity index (χ2v) is 3.60. The van der Waals surface area contributed by atoms with Crippen molar-refractivity contribution in [3.63, 3.8) is 0 Å². The first-order valence-electron chi connectivity index (χ1n) is 4.86. The third kappa shape index (κ3) is 1.77. The second kappa shape index (κ2) is 3.80. The van der Waals surface area contributed by atoms with E-state index in [0.717, 1.165) is 23.9 Å². The maximum absolute atomic E-state index is 9.20. The van der Waals surface area contributed by atoms with Crippen molar-refractivity contribution in [1.29, 1.82) is 0 Å². The Bertz CT molecular complexity index is 420. The van der Waals surface area contributed by atoms with Gasteiger partial charge in [-0.3, -0.25) is 0 Å². The van der Waals surface area contributed by atoms with Crippen molar-refractivity contribution in [2.24, 2.45) is 0 Å². The molecule has 0 aliphatic heterocycles. The van der Waals surface area contributed by atoms with Gasteiger partial charge in [0.15, 0.2) is 0 Å². The number of hydrogen-bond donors (Lipinski definition) is 2. The first kappa shape index (κ1) is 9.21. The van der Waals surface area contributed by atoms with Crippen LogP contribution in [-0.2, 0) is 6.42 Å². The number of pyridine rings is 1. The van der Waals surface area contributed by atoms with E-state index in [1.807, 2.05) is 19.2 Å². The molecule has 0 aliphatic rings. The summed E-state index contributed by atoms with van der Waals surface area (Å²) in [6.07, 6.45) is 5.19. The van der Waals surface area contributed by atoms with Crippen LogP contribution in [0.3, 0.4) is 0 Å². The average Bonchev–Trinajstić information content (AvgIpc) is 2.58. The number of aliphatic hydroxyl groups is 1. The van der Waals surface area contributed by atoms with E-state index in [0.29, 0.717) is 0 Å². The molecule has 0 radical (unpaired) electrons. The number of aromatic nitrogens is 2. The van der Waals surface area contributed by atoms with Crippen LogP contribution in [0.4, 0.5) is 0 Å². The maximum atomic E-state index is 9.20.